The van der Waals surface area contributed by atoms with Crippen molar-refractivity contribution in [2.75, 3.05) is 6.61 Å². The molecule has 0 radical (unpaired) electrons. The highest BCUT2D eigenvalue weighted by atomic mass is 32.1. The summed E-state index contributed by atoms with van der Waals surface area (Å²) in [5.74, 6) is -0.175. The summed E-state index contributed by atoms with van der Waals surface area (Å²) in [4.78, 5) is 0. The maximum Gasteiger partial charge on any atom is 0.168 e. The number of ether oxygens (including phenoxy) is 2. The monoisotopic (exact) mass is 350 g/mol. The Morgan fingerprint density at radius 1 is 0.958 bits per heavy atom. The minimum Gasteiger partial charge on any atom is -0.347 e. The van der Waals surface area contributed by atoms with Crippen molar-refractivity contribution < 1.29 is 9.47 Å². The van der Waals surface area contributed by atoms with Gasteiger partial charge in [-0.1, -0.05) is 44.9 Å². The van der Waals surface area contributed by atoms with Gasteiger partial charge in [0, 0.05) is 12.8 Å². The summed E-state index contributed by atoms with van der Waals surface area (Å²) in [5, 5.41) is 4.47. The Kier molecular flexibility index (Phi) is 7.62. The van der Waals surface area contributed by atoms with Gasteiger partial charge in [0.05, 0.1) is 12.7 Å². The van der Waals surface area contributed by atoms with Gasteiger partial charge in [0.25, 0.3) is 0 Å². The lowest BCUT2D eigenvalue weighted by Gasteiger charge is -2.31. The van der Waals surface area contributed by atoms with Crippen LogP contribution in [-0.2, 0) is 15.9 Å². The normalized spacial score (nSPS) is 23.1. The van der Waals surface area contributed by atoms with Gasteiger partial charge in [0.15, 0.2) is 5.79 Å². The van der Waals surface area contributed by atoms with Crippen LogP contribution in [0.5, 0.6) is 0 Å². The highest BCUT2D eigenvalue weighted by molar-refractivity contribution is 7.07. The predicted octanol–water partition coefficient (Wildman–Crippen LogP) is 6.49. The second-order valence-electron chi connectivity index (χ2n) is 7.67. The van der Waals surface area contributed by atoms with E-state index in [1.54, 1.807) is 0 Å². The smallest absolute Gasteiger partial charge is 0.168 e. The Bertz CT molecular complexity index is 437. The van der Waals surface area contributed by atoms with Gasteiger partial charge in [-0.15, -0.1) is 0 Å². The average Bonchev–Trinajstić information content (AvgIpc) is 3.25. The number of thiophene rings is 1. The molecule has 2 heterocycles. The van der Waals surface area contributed by atoms with Crippen LogP contribution in [0, 0.1) is 0 Å². The van der Waals surface area contributed by atoms with Crippen molar-refractivity contribution in [2.45, 2.75) is 102 Å². The molecular weight excluding hydrogens is 316 g/mol. The summed E-state index contributed by atoms with van der Waals surface area (Å²) >= 11 is 1.82. The van der Waals surface area contributed by atoms with Crippen LogP contribution in [0.25, 0.3) is 0 Å². The lowest BCUT2D eigenvalue weighted by molar-refractivity contribution is -0.187. The van der Waals surface area contributed by atoms with Gasteiger partial charge in [-0.3, -0.25) is 0 Å². The minimum absolute atomic E-state index is 0.175. The van der Waals surface area contributed by atoms with Gasteiger partial charge >= 0.3 is 0 Å². The number of unbranched alkanes of at least 4 members (excludes halogenated alkanes) is 6. The van der Waals surface area contributed by atoms with Crippen molar-refractivity contribution in [1.29, 1.82) is 0 Å². The number of aryl methyl sites for hydroxylation is 1. The first-order valence-electron chi connectivity index (χ1n) is 10.2. The molecule has 1 unspecified atom stereocenters. The Morgan fingerprint density at radius 3 is 2.46 bits per heavy atom. The number of hydrogen-bond donors (Lipinski definition) is 0. The van der Waals surface area contributed by atoms with Crippen molar-refractivity contribution in [3.05, 3.63) is 22.4 Å². The second-order valence-corrected chi connectivity index (χ2v) is 8.45. The van der Waals surface area contributed by atoms with Crippen LogP contribution in [0.3, 0.4) is 0 Å². The Labute approximate surface area is 151 Å². The highest BCUT2D eigenvalue weighted by Gasteiger charge is 2.41. The van der Waals surface area contributed by atoms with E-state index in [1.807, 2.05) is 11.3 Å². The second kappa shape index (κ2) is 9.94. The number of rotatable bonds is 10. The molecule has 1 aromatic rings. The van der Waals surface area contributed by atoms with Crippen molar-refractivity contribution in [3.8, 4) is 0 Å². The topological polar surface area (TPSA) is 18.5 Å². The zero-order valence-corrected chi connectivity index (χ0v) is 16.0. The van der Waals surface area contributed by atoms with Gasteiger partial charge in [0.1, 0.15) is 0 Å². The molecule has 0 amide bonds. The van der Waals surface area contributed by atoms with E-state index in [4.69, 9.17) is 9.47 Å². The van der Waals surface area contributed by atoms with Gasteiger partial charge in [-0.2, -0.15) is 11.3 Å². The molecule has 0 N–H and O–H groups in total. The molecule has 0 bridgehead atoms. The maximum absolute atomic E-state index is 6.26. The molecule has 3 heteroatoms. The molecule has 24 heavy (non-hydrogen) atoms. The molecule has 0 aromatic carbocycles. The van der Waals surface area contributed by atoms with Crippen LogP contribution in [0.15, 0.2) is 16.8 Å². The Hall–Kier alpha value is -0.380. The van der Waals surface area contributed by atoms with Crippen molar-refractivity contribution in [2.24, 2.45) is 0 Å². The molecule has 1 aliphatic carbocycles. The molecule has 1 aromatic heterocycles. The van der Waals surface area contributed by atoms with E-state index in [1.165, 1.54) is 82.6 Å². The van der Waals surface area contributed by atoms with Gasteiger partial charge in [-0.25, -0.2) is 0 Å². The lowest BCUT2D eigenvalue weighted by Crippen LogP contribution is -2.33. The first-order valence-corrected chi connectivity index (χ1v) is 11.1. The first kappa shape index (κ1) is 18.4. The van der Waals surface area contributed by atoms with Crippen LogP contribution in [0.1, 0.15) is 89.0 Å². The van der Waals surface area contributed by atoms with E-state index in [2.05, 4.69) is 16.8 Å². The molecule has 1 saturated heterocycles. The fraction of sp³-hybridized carbons (Fsp3) is 0.810. The third-order valence-electron chi connectivity index (χ3n) is 5.60. The van der Waals surface area contributed by atoms with E-state index >= 15 is 0 Å². The third-order valence-corrected chi connectivity index (χ3v) is 6.33. The van der Waals surface area contributed by atoms with Crippen LogP contribution in [0.2, 0.25) is 0 Å². The van der Waals surface area contributed by atoms with Crippen molar-refractivity contribution in [1.82, 2.24) is 0 Å². The van der Waals surface area contributed by atoms with Gasteiger partial charge in [-0.05, 0) is 54.5 Å². The van der Waals surface area contributed by atoms with Gasteiger partial charge in [0.2, 0.25) is 0 Å². The zero-order valence-electron chi connectivity index (χ0n) is 15.1. The van der Waals surface area contributed by atoms with E-state index < -0.39 is 0 Å². The summed E-state index contributed by atoms with van der Waals surface area (Å²) < 4.78 is 12.3. The first-order chi connectivity index (χ1) is 11.9. The quantitative estimate of drug-likeness (QED) is 0.449. The Balaban J connectivity index is 1.14. The SMILES string of the molecule is c1cc(CCCCCCCCCC2COC3(CCCCC3)O2)cs1. The third kappa shape index (κ3) is 5.86. The lowest BCUT2D eigenvalue weighted by atomic mass is 9.94. The van der Waals surface area contributed by atoms with Crippen LogP contribution < -0.4 is 0 Å². The maximum atomic E-state index is 6.26. The van der Waals surface area contributed by atoms with E-state index in [0.717, 1.165) is 19.4 Å². The number of hydrogen-bond acceptors (Lipinski definition) is 3. The van der Waals surface area contributed by atoms with Gasteiger partial charge < -0.3 is 9.47 Å². The largest absolute Gasteiger partial charge is 0.347 e. The summed E-state index contributed by atoms with van der Waals surface area (Å²) in [6.45, 7) is 0.836. The molecular formula is C21H34O2S. The van der Waals surface area contributed by atoms with Crippen LogP contribution in [-0.4, -0.2) is 18.5 Å². The fourth-order valence-electron chi connectivity index (χ4n) is 4.13. The minimum atomic E-state index is -0.175. The summed E-state index contributed by atoms with van der Waals surface area (Å²) in [5.41, 5.74) is 1.52. The molecule has 1 aliphatic heterocycles. The highest BCUT2D eigenvalue weighted by Crippen LogP contribution is 2.38. The molecule has 2 nitrogen and oxygen atoms in total. The molecule has 3 rings (SSSR count). The molecule has 1 spiro atoms. The summed E-state index contributed by atoms with van der Waals surface area (Å²) in [6, 6.07) is 2.26. The van der Waals surface area contributed by atoms with E-state index in [0.29, 0.717) is 6.10 Å². The van der Waals surface area contributed by atoms with Crippen molar-refractivity contribution in [3.63, 3.8) is 0 Å². The fourth-order valence-corrected chi connectivity index (χ4v) is 4.83. The Morgan fingerprint density at radius 2 is 1.71 bits per heavy atom. The molecule has 1 saturated carbocycles. The molecule has 2 aliphatic rings. The van der Waals surface area contributed by atoms with Crippen LogP contribution >= 0.6 is 11.3 Å². The average molecular weight is 351 g/mol. The van der Waals surface area contributed by atoms with Crippen LogP contribution in [0.4, 0.5) is 0 Å². The van der Waals surface area contributed by atoms with Crippen molar-refractivity contribution >= 4 is 11.3 Å². The van der Waals surface area contributed by atoms with E-state index in [-0.39, 0.29) is 5.79 Å². The molecule has 1 atom stereocenters. The standard InChI is InChI=1S/C21H34O2S/c1(2-4-7-11-19-13-16-24-18-19)3-5-8-12-20-17-22-21(23-20)14-9-6-10-15-21/h13,16,18,20H,1-12,14-15,17H2. The predicted molar refractivity (Wildman–Crippen MR) is 102 cm³/mol. The van der Waals surface area contributed by atoms with E-state index in [9.17, 15) is 0 Å². The zero-order chi connectivity index (χ0) is 16.5. The summed E-state index contributed by atoms with van der Waals surface area (Å²) in [7, 11) is 0. The molecule has 136 valence electrons. The summed E-state index contributed by atoms with van der Waals surface area (Å²) in [6.07, 6.45) is 18.6. The molecule has 2 fully saturated rings.